The molecule has 96 valence electrons. The Morgan fingerprint density at radius 2 is 2.12 bits per heavy atom. The Morgan fingerprint density at radius 3 is 2.75 bits per heavy atom. The van der Waals surface area contributed by atoms with E-state index in [1.165, 1.54) is 0 Å². The van der Waals surface area contributed by atoms with Gasteiger partial charge in [-0.25, -0.2) is 0 Å². The van der Waals surface area contributed by atoms with Crippen LogP contribution in [0.4, 0.5) is 0 Å². The molecule has 1 atom stereocenters. The molecule has 1 aliphatic heterocycles. The Labute approximate surface area is 99.1 Å². The fraction of sp³-hybridized carbons (Fsp3) is 1.00. The van der Waals surface area contributed by atoms with Gasteiger partial charge in [0.25, 0.3) is 0 Å². The van der Waals surface area contributed by atoms with Crippen LogP contribution in [0.2, 0.25) is 0 Å². The van der Waals surface area contributed by atoms with E-state index < -0.39 is 0 Å². The molecule has 0 aromatic rings. The zero-order valence-electron chi connectivity index (χ0n) is 10.7. The number of hydrogen-bond acceptors (Lipinski definition) is 4. The van der Waals surface area contributed by atoms with E-state index in [4.69, 9.17) is 15.2 Å². The summed E-state index contributed by atoms with van der Waals surface area (Å²) >= 11 is 0. The Bertz CT molecular complexity index is 172. The van der Waals surface area contributed by atoms with Gasteiger partial charge in [-0.1, -0.05) is 0 Å². The zero-order chi connectivity index (χ0) is 11.8. The van der Waals surface area contributed by atoms with Crippen LogP contribution in [-0.4, -0.2) is 57.5 Å². The molecule has 16 heavy (non-hydrogen) atoms. The zero-order valence-corrected chi connectivity index (χ0v) is 10.7. The maximum Gasteiger partial charge on any atom is 0.0480 e. The van der Waals surface area contributed by atoms with Crippen molar-refractivity contribution < 1.29 is 9.47 Å². The van der Waals surface area contributed by atoms with Crippen LogP contribution in [0, 0.1) is 0 Å². The molecule has 0 aromatic heterocycles. The molecule has 2 N–H and O–H groups in total. The van der Waals surface area contributed by atoms with Crippen molar-refractivity contribution in [3.05, 3.63) is 0 Å². The lowest BCUT2D eigenvalue weighted by atomic mass is 10.1. The molecule has 1 fully saturated rings. The van der Waals surface area contributed by atoms with Crippen molar-refractivity contribution in [3.8, 4) is 0 Å². The van der Waals surface area contributed by atoms with Crippen molar-refractivity contribution in [2.24, 2.45) is 5.73 Å². The maximum absolute atomic E-state index is 6.09. The highest BCUT2D eigenvalue weighted by Gasteiger charge is 2.19. The van der Waals surface area contributed by atoms with Crippen molar-refractivity contribution in [1.82, 2.24) is 4.90 Å². The molecule has 0 radical (unpaired) electrons. The fourth-order valence-electron chi connectivity index (χ4n) is 2.23. The lowest BCUT2D eigenvalue weighted by Crippen LogP contribution is -2.43. The highest BCUT2D eigenvalue weighted by atomic mass is 16.5. The molecule has 0 aromatic carbocycles. The first kappa shape index (κ1) is 13.9. The van der Waals surface area contributed by atoms with Gasteiger partial charge in [-0.05, 0) is 32.7 Å². The van der Waals surface area contributed by atoms with Gasteiger partial charge in [0.2, 0.25) is 0 Å². The molecule has 0 spiro atoms. The van der Waals surface area contributed by atoms with Gasteiger partial charge in [-0.3, -0.25) is 0 Å². The minimum Gasteiger partial charge on any atom is -0.385 e. The first-order chi connectivity index (χ1) is 7.74. The molecule has 0 amide bonds. The standard InChI is InChI=1S/C12H26N2O2/c1-14(12-5-8-16-9-6-12)10-11(13)4-3-7-15-2/h11-12H,3-10,13H2,1-2H3. The van der Waals surface area contributed by atoms with Crippen molar-refractivity contribution in [1.29, 1.82) is 0 Å². The number of nitrogens with two attached hydrogens (primary N) is 1. The molecule has 1 unspecified atom stereocenters. The van der Waals surface area contributed by atoms with Crippen LogP contribution >= 0.6 is 0 Å². The molecule has 0 aliphatic carbocycles. The van der Waals surface area contributed by atoms with Crippen LogP contribution in [0.5, 0.6) is 0 Å². The third-order valence-electron chi connectivity index (χ3n) is 3.26. The Morgan fingerprint density at radius 1 is 1.44 bits per heavy atom. The van der Waals surface area contributed by atoms with Crippen molar-refractivity contribution >= 4 is 0 Å². The van der Waals surface area contributed by atoms with Crippen LogP contribution in [0.15, 0.2) is 0 Å². The fourth-order valence-corrected chi connectivity index (χ4v) is 2.23. The minimum atomic E-state index is 0.267. The quantitative estimate of drug-likeness (QED) is 0.659. The van der Waals surface area contributed by atoms with Gasteiger partial charge in [-0.2, -0.15) is 0 Å². The van der Waals surface area contributed by atoms with E-state index >= 15 is 0 Å². The second-order valence-corrected chi connectivity index (χ2v) is 4.68. The number of methoxy groups -OCH3 is 1. The van der Waals surface area contributed by atoms with Crippen LogP contribution in [0.25, 0.3) is 0 Å². The monoisotopic (exact) mass is 230 g/mol. The average molecular weight is 230 g/mol. The molecular weight excluding hydrogens is 204 g/mol. The van der Waals surface area contributed by atoms with Gasteiger partial charge >= 0.3 is 0 Å². The lowest BCUT2D eigenvalue weighted by molar-refractivity contribution is 0.0409. The largest absolute Gasteiger partial charge is 0.385 e. The van der Waals surface area contributed by atoms with Crippen LogP contribution in [0.1, 0.15) is 25.7 Å². The second-order valence-electron chi connectivity index (χ2n) is 4.68. The van der Waals surface area contributed by atoms with Crippen LogP contribution < -0.4 is 5.73 Å². The molecule has 0 bridgehead atoms. The van der Waals surface area contributed by atoms with Gasteiger partial charge in [0.15, 0.2) is 0 Å². The summed E-state index contributed by atoms with van der Waals surface area (Å²) in [6.45, 7) is 3.59. The van der Waals surface area contributed by atoms with Crippen molar-refractivity contribution in [3.63, 3.8) is 0 Å². The van der Waals surface area contributed by atoms with Gasteiger partial charge in [0.1, 0.15) is 0 Å². The van der Waals surface area contributed by atoms with Crippen LogP contribution in [0.3, 0.4) is 0 Å². The van der Waals surface area contributed by atoms with Gasteiger partial charge in [0, 0.05) is 45.6 Å². The first-order valence-electron chi connectivity index (χ1n) is 6.26. The van der Waals surface area contributed by atoms with Gasteiger partial charge in [-0.15, -0.1) is 0 Å². The molecule has 1 rings (SSSR count). The normalized spacial score (nSPS) is 20.2. The number of ether oxygens (including phenoxy) is 2. The number of likely N-dealkylation sites (N-methyl/N-ethyl adjacent to an activating group) is 1. The highest BCUT2D eigenvalue weighted by Crippen LogP contribution is 2.13. The Balaban J connectivity index is 2.13. The number of rotatable bonds is 7. The predicted octanol–water partition coefficient (Wildman–Crippen LogP) is 0.851. The summed E-state index contributed by atoms with van der Waals surface area (Å²) in [7, 11) is 3.91. The molecule has 1 heterocycles. The second kappa shape index (κ2) is 8.01. The maximum atomic E-state index is 6.09. The summed E-state index contributed by atoms with van der Waals surface area (Å²) in [5, 5.41) is 0. The summed E-state index contributed by atoms with van der Waals surface area (Å²) in [5.74, 6) is 0. The number of nitrogens with zero attached hydrogens (tertiary/aromatic N) is 1. The molecular formula is C12H26N2O2. The van der Waals surface area contributed by atoms with Crippen LogP contribution in [-0.2, 0) is 9.47 Å². The smallest absolute Gasteiger partial charge is 0.0480 e. The third-order valence-corrected chi connectivity index (χ3v) is 3.26. The van der Waals surface area contributed by atoms with E-state index in [2.05, 4.69) is 11.9 Å². The van der Waals surface area contributed by atoms with E-state index in [0.717, 1.165) is 52.0 Å². The SMILES string of the molecule is COCCCC(N)CN(C)C1CCOCC1. The molecule has 4 heteroatoms. The number of hydrogen-bond donors (Lipinski definition) is 1. The summed E-state index contributed by atoms with van der Waals surface area (Å²) in [4.78, 5) is 2.39. The van der Waals surface area contributed by atoms with Gasteiger partial charge < -0.3 is 20.1 Å². The van der Waals surface area contributed by atoms with E-state index in [1.807, 2.05) is 0 Å². The topological polar surface area (TPSA) is 47.7 Å². The lowest BCUT2D eigenvalue weighted by Gasteiger charge is -2.32. The Kier molecular flexibility index (Phi) is 6.96. The first-order valence-corrected chi connectivity index (χ1v) is 6.26. The Hall–Kier alpha value is -0.160. The van der Waals surface area contributed by atoms with E-state index in [1.54, 1.807) is 7.11 Å². The van der Waals surface area contributed by atoms with E-state index in [0.29, 0.717) is 6.04 Å². The molecule has 0 saturated carbocycles. The van der Waals surface area contributed by atoms with E-state index in [-0.39, 0.29) is 6.04 Å². The van der Waals surface area contributed by atoms with Crippen molar-refractivity contribution in [2.45, 2.75) is 37.8 Å². The molecule has 1 saturated heterocycles. The molecule has 4 nitrogen and oxygen atoms in total. The molecule has 1 aliphatic rings. The summed E-state index contributed by atoms with van der Waals surface area (Å²) < 4.78 is 10.4. The highest BCUT2D eigenvalue weighted by molar-refractivity contribution is 4.75. The summed E-state index contributed by atoms with van der Waals surface area (Å²) in [5.41, 5.74) is 6.09. The predicted molar refractivity (Wildman–Crippen MR) is 65.6 cm³/mol. The summed E-state index contributed by atoms with van der Waals surface area (Å²) in [6, 6.07) is 0.922. The minimum absolute atomic E-state index is 0.267. The van der Waals surface area contributed by atoms with Gasteiger partial charge in [0.05, 0.1) is 0 Å². The average Bonchev–Trinajstić information content (AvgIpc) is 2.30. The summed E-state index contributed by atoms with van der Waals surface area (Å²) in [6.07, 6.45) is 4.38. The van der Waals surface area contributed by atoms with E-state index in [9.17, 15) is 0 Å². The third kappa shape index (κ3) is 5.25. The van der Waals surface area contributed by atoms with Crippen molar-refractivity contribution in [2.75, 3.05) is 40.5 Å².